The molecular formula is C25H22N6O. The van der Waals surface area contributed by atoms with Crippen molar-refractivity contribution in [1.82, 2.24) is 14.5 Å². The number of nitrogens with two attached hydrogens (primary N) is 2. The lowest BCUT2D eigenvalue weighted by molar-refractivity contribution is 0.889. The number of nitriles is 1. The number of anilines is 2. The first-order chi connectivity index (χ1) is 15.5. The predicted molar refractivity (Wildman–Crippen MR) is 127 cm³/mol. The molecule has 0 aliphatic carbocycles. The number of nitrogens with zero attached hydrogens (tertiary/aromatic N) is 4. The number of aromatic nitrogens is 3. The molecule has 0 saturated carbocycles. The molecule has 2 heterocycles. The highest BCUT2D eigenvalue weighted by Crippen LogP contribution is 2.19. The first kappa shape index (κ1) is 22.1. The number of fused-ring (bicyclic) bond motifs is 1. The van der Waals surface area contributed by atoms with Crippen LogP contribution in [0.4, 0.5) is 11.8 Å². The van der Waals surface area contributed by atoms with Crippen molar-refractivity contribution in [2.24, 2.45) is 0 Å². The van der Waals surface area contributed by atoms with E-state index in [1.165, 1.54) is 6.20 Å². The van der Waals surface area contributed by atoms with Gasteiger partial charge in [0.05, 0.1) is 11.6 Å². The zero-order chi connectivity index (χ0) is 23.1. The van der Waals surface area contributed by atoms with Gasteiger partial charge in [0, 0.05) is 16.9 Å². The number of hydrogen-bond donors (Lipinski definition) is 2. The summed E-state index contributed by atoms with van der Waals surface area (Å²) in [5.74, 6) is 6.14. The highest BCUT2D eigenvalue weighted by atomic mass is 16.1. The SMILES string of the molecule is CC#Cc1cccc2cc(CC)n(-c3ccccc3)c(=O)c12.N#Cc1cnc(N)nc1N. The number of rotatable bonds is 2. The molecule has 0 atom stereocenters. The van der Waals surface area contributed by atoms with Crippen LogP contribution in [0.25, 0.3) is 16.5 Å². The van der Waals surface area contributed by atoms with Gasteiger partial charge in [0.25, 0.3) is 5.56 Å². The van der Waals surface area contributed by atoms with Crippen LogP contribution >= 0.6 is 0 Å². The Kier molecular flexibility index (Phi) is 6.85. The molecule has 0 bridgehead atoms. The molecule has 158 valence electrons. The molecule has 4 aromatic rings. The van der Waals surface area contributed by atoms with E-state index < -0.39 is 0 Å². The van der Waals surface area contributed by atoms with Crippen LogP contribution in [0, 0.1) is 23.2 Å². The number of para-hydroxylation sites is 1. The van der Waals surface area contributed by atoms with Gasteiger partial charge >= 0.3 is 0 Å². The normalized spacial score (nSPS) is 9.78. The molecule has 2 aromatic heterocycles. The lowest BCUT2D eigenvalue weighted by Crippen LogP contribution is -2.22. The largest absolute Gasteiger partial charge is 0.382 e. The third-order valence-electron chi connectivity index (χ3n) is 4.72. The maximum Gasteiger partial charge on any atom is 0.264 e. The van der Waals surface area contributed by atoms with Gasteiger partial charge in [0.2, 0.25) is 5.95 Å². The van der Waals surface area contributed by atoms with Gasteiger partial charge in [-0.25, -0.2) is 4.98 Å². The maximum absolute atomic E-state index is 13.1. The molecule has 0 aliphatic rings. The van der Waals surface area contributed by atoms with Crippen molar-refractivity contribution in [3.8, 4) is 23.6 Å². The van der Waals surface area contributed by atoms with Crippen molar-refractivity contribution in [1.29, 1.82) is 5.26 Å². The Hall–Kier alpha value is -4.62. The number of nitrogen functional groups attached to an aromatic ring is 2. The Morgan fingerprint density at radius 2 is 1.81 bits per heavy atom. The lowest BCUT2D eigenvalue weighted by Gasteiger charge is -2.14. The van der Waals surface area contributed by atoms with Crippen LogP contribution in [0.15, 0.2) is 65.6 Å². The minimum Gasteiger partial charge on any atom is -0.382 e. The highest BCUT2D eigenvalue weighted by molar-refractivity contribution is 5.88. The van der Waals surface area contributed by atoms with Gasteiger partial charge in [-0.1, -0.05) is 43.2 Å². The van der Waals surface area contributed by atoms with Gasteiger partial charge in [0.1, 0.15) is 17.5 Å². The molecular weight excluding hydrogens is 400 g/mol. The standard InChI is InChI=1S/C20H17NO.C5H5N5/c1-3-9-15-10-8-11-16-14-17(4-2)21(20(22)19(15)16)18-12-6-5-7-13-18;6-1-3-2-9-5(8)10-4(3)7/h5-8,10-14H,4H2,1-2H3;2H,(H4,7,8,9,10). The van der Waals surface area contributed by atoms with Gasteiger partial charge in [-0.2, -0.15) is 10.2 Å². The number of aryl methyl sites for hydroxylation is 1. The van der Waals surface area contributed by atoms with Gasteiger partial charge in [-0.05, 0) is 43.0 Å². The fraction of sp³-hybridized carbons (Fsp3) is 0.120. The first-order valence-electron chi connectivity index (χ1n) is 9.94. The Morgan fingerprint density at radius 3 is 2.44 bits per heavy atom. The van der Waals surface area contributed by atoms with E-state index in [-0.39, 0.29) is 22.9 Å². The van der Waals surface area contributed by atoms with Crippen molar-refractivity contribution in [3.05, 3.63) is 88.0 Å². The van der Waals surface area contributed by atoms with Gasteiger partial charge in [-0.3, -0.25) is 9.36 Å². The average Bonchev–Trinajstić information content (AvgIpc) is 2.80. The molecule has 0 radical (unpaired) electrons. The van der Waals surface area contributed by atoms with Crippen LogP contribution in [0.1, 0.15) is 30.7 Å². The lowest BCUT2D eigenvalue weighted by atomic mass is 10.0. The van der Waals surface area contributed by atoms with E-state index in [9.17, 15) is 4.79 Å². The molecule has 32 heavy (non-hydrogen) atoms. The van der Waals surface area contributed by atoms with E-state index in [1.807, 2.05) is 54.6 Å². The van der Waals surface area contributed by atoms with E-state index in [0.29, 0.717) is 5.39 Å². The summed E-state index contributed by atoms with van der Waals surface area (Å²) in [4.78, 5) is 20.2. The molecule has 0 amide bonds. The molecule has 4 N–H and O–H groups in total. The maximum atomic E-state index is 13.1. The van der Waals surface area contributed by atoms with E-state index in [1.54, 1.807) is 11.5 Å². The van der Waals surface area contributed by atoms with E-state index >= 15 is 0 Å². The Labute approximate surface area is 186 Å². The van der Waals surface area contributed by atoms with Crippen molar-refractivity contribution in [2.45, 2.75) is 20.3 Å². The minimum atomic E-state index is -0.00102. The Balaban J connectivity index is 0.000000243. The van der Waals surface area contributed by atoms with Crippen molar-refractivity contribution < 1.29 is 0 Å². The molecule has 2 aromatic carbocycles. The summed E-state index contributed by atoms with van der Waals surface area (Å²) in [6.45, 7) is 3.85. The Morgan fingerprint density at radius 1 is 1.06 bits per heavy atom. The van der Waals surface area contributed by atoms with E-state index in [4.69, 9.17) is 16.7 Å². The summed E-state index contributed by atoms with van der Waals surface area (Å²) in [6.07, 6.45) is 2.08. The third-order valence-corrected chi connectivity index (χ3v) is 4.72. The van der Waals surface area contributed by atoms with E-state index in [0.717, 1.165) is 28.8 Å². The molecule has 4 rings (SSSR count). The molecule has 0 saturated heterocycles. The van der Waals surface area contributed by atoms with Crippen LogP contribution < -0.4 is 17.0 Å². The first-order valence-corrected chi connectivity index (χ1v) is 9.94. The van der Waals surface area contributed by atoms with Crippen LogP contribution in [-0.2, 0) is 6.42 Å². The summed E-state index contributed by atoms with van der Waals surface area (Å²) >= 11 is 0. The number of pyridine rings is 1. The van der Waals surface area contributed by atoms with E-state index in [2.05, 4.69) is 34.8 Å². The monoisotopic (exact) mass is 422 g/mol. The van der Waals surface area contributed by atoms with Gasteiger partial charge < -0.3 is 11.5 Å². The molecule has 0 fully saturated rings. The summed E-state index contributed by atoms with van der Waals surface area (Å²) < 4.78 is 1.79. The minimum absolute atomic E-state index is 0.00102. The summed E-state index contributed by atoms with van der Waals surface area (Å²) in [5.41, 5.74) is 13.4. The second kappa shape index (κ2) is 9.92. The van der Waals surface area contributed by atoms with Crippen LogP contribution in [-0.4, -0.2) is 14.5 Å². The van der Waals surface area contributed by atoms with Gasteiger partial charge in [0.15, 0.2) is 0 Å². The summed E-state index contributed by atoms with van der Waals surface area (Å²) in [6, 6.07) is 19.5. The molecule has 0 spiro atoms. The topological polar surface area (TPSA) is 124 Å². The predicted octanol–water partition coefficient (Wildman–Crippen LogP) is 3.44. The number of benzene rings is 2. The third kappa shape index (κ3) is 4.58. The summed E-state index contributed by atoms with van der Waals surface area (Å²) in [5, 5.41) is 10.0. The second-order valence-corrected chi connectivity index (χ2v) is 6.75. The van der Waals surface area contributed by atoms with Crippen LogP contribution in [0.5, 0.6) is 0 Å². The highest BCUT2D eigenvalue weighted by Gasteiger charge is 2.12. The quantitative estimate of drug-likeness (QED) is 0.477. The zero-order valence-corrected chi connectivity index (χ0v) is 17.8. The molecule has 7 heteroatoms. The van der Waals surface area contributed by atoms with Crippen molar-refractivity contribution >= 4 is 22.5 Å². The smallest absolute Gasteiger partial charge is 0.264 e. The molecule has 0 aliphatic heterocycles. The van der Waals surface area contributed by atoms with Crippen molar-refractivity contribution in [2.75, 3.05) is 11.5 Å². The van der Waals surface area contributed by atoms with Crippen LogP contribution in [0.2, 0.25) is 0 Å². The Bertz CT molecular complexity index is 1420. The average molecular weight is 422 g/mol. The zero-order valence-electron chi connectivity index (χ0n) is 17.8. The number of hydrogen-bond acceptors (Lipinski definition) is 6. The molecule has 7 nitrogen and oxygen atoms in total. The molecule has 0 unspecified atom stereocenters. The fourth-order valence-corrected chi connectivity index (χ4v) is 3.27. The summed E-state index contributed by atoms with van der Waals surface area (Å²) in [7, 11) is 0. The second-order valence-electron chi connectivity index (χ2n) is 6.75. The fourth-order valence-electron chi connectivity index (χ4n) is 3.27. The van der Waals surface area contributed by atoms with Gasteiger partial charge in [-0.15, -0.1) is 5.92 Å². The van der Waals surface area contributed by atoms with Crippen LogP contribution in [0.3, 0.4) is 0 Å². The van der Waals surface area contributed by atoms with Crippen molar-refractivity contribution in [3.63, 3.8) is 0 Å².